The first-order chi connectivity index (χ1) is 9.26. The van der Waals surface area contributed by atoms with Crippen molar-refractivity contribution in [2.45, 2.75) is 51.2 Å². The van der Waals surface area contributed by atoms with E-state index < -0.39 is 0 Å². The van der Waals surface area contributed by atoms with E-state index in [2.05, 4.69) is 12.2 Å². The lowest BCUT2D eigenvalue weighted by Gasteiger charge is -2.30. The van der Waals surface area contributed by atoms with Gasteiger partial charge in [0.2, 0.25) is 0 Å². The second kappa shape index (κ2) is 7.28. The minimum absolute atomic E-state index is 0.0222. The molecule has 3 heteroatoms. The smallest absolute Gasteiger partial charge is 0.0810 e. The Hall–Kier alpha value is -0.570. The quantitative estimate of drug-likeness (QED) is 0.758. The molecule has 1 fully saturated rings. The molecular formula is C16H24ClNO. The maximum atomic E-state index is 6.26. The molecule has 0 radical (unpaired) electrons. The van der Waals surface area contributed by atoms with Gasteiger partial charge < -0.3 is 10.1 Å². The van der Waals surface area contributed by atoms with Gasteiger partial charge in [-0.3, -0.25) is 0 Å². The van der Waals surface area contributed by atoms with Crippen molar-refractivity contribution < 1.29 is 4.74 Å². The van der Waals surface area contributed by atoms with Gasteiger partial charge in [0.05, 0.1) is 12.2 Å². The second-order valence-corrected chi connectivity index (χ2v) is 5.85. The first-order valence-electron chi connectivity index (χ1n) is 7.34. The van der Waals surface area contributed by atoms with Gasteiger partial charge in [0, 0.05) is 11.6 Å². The van der Waals surface area contributed by atoms with Crippen LogP contribution in [0.3, 0.4) is 0 Å². The Morgan fingerprint density at radius 3 is 2.68 bits per heavy atom. The Kier molecular flexibility index (Phi) is 5.68. The van der Waals surface area contributed by atoms with Gasteiger partial charge in [0.15, 0.2) is 0 Å². The molecule has 0 aliphatic heterocycles. The van der Waals surface area contributed by atoms with Crippen molar-refractivity contribution in [1.29, 1.82) is 0 Å². The van der Waals surface area contributed by atoms with Gasteiger partial charge in [-0.1, -0.05) is 49.6 Å². The van der Waals surface area contributed by atoms with Crippen molar-refractivity contribution in [3.63, 3.8) is 0 Å². The molecule has 0 spiro atoms. The Balaban J connectivity index is 1.92. The lowest BCUT2D eigenvalue weighted by Crippen LogP contribution is -2.41. The van der Waals surface area contributed by atoms with Crippen molar-refractivity contribution in [2.75, 3.05) is 13.1 Å². The maximum absolute atomic E-state index is 6.26. The highest BCUT2D eigenvalue weighted by Gasteiger charge is 2.34. The summed E-state index contributed by atoms with van der Waals surface area (Å²) in [6.45, 7) is 4.84. The SMILES string of the molecule is CCCNCC1(OCc2ccccc2Cl)CCCC1. The Morgan fingerprint density at radius 1 is 1.26 bits per heavy atom. The standard InChI is InChI=1S/C16H24ClNO/c1-2-11-18-13-16(9-5-6-10-16)19-12-14-7-3-4-8-15(14)17/h3-4,7-8,18H,2,5-6,9-13H2,1H3. The lowest BCUT2D eigenvalue weighted by molar-refractivity contribution is -0.0502. The molecule has 0 atom stereocenters. The van der Waals surface area contributed by atoms with Gasteiger partial charge in [-0.25, -0.2) is 0 Å². The van der Waals surface area contributed by atoms with E-state index in [0.29, 0.717) is 6.61 Å². The van der Waals surface area contributed by atoms with Gasteiger partial charge in [-0.2, -0.15) is 0 Å². The largest absolute Gasteiger partial charge is 0.369 e. The van der Waals surface area contributed by atoms with Crippen LogP contribution in [0.15, 0.2) is 24.3 Å². The van der Waals surface area contributed by atoms with Crippen LogP contribution in [0.1, 0.15) is 44.6 Å². The number of nitrogens with one attached hydrogen (secondary N) is 1. The van der Waals surface area contributed by atoms with Crippen molar-refractivity contribution in [3.05, 3.63) is 34.9 Å². The van der Waals surface area contributed by atoms with Crippen LogP contribution < -0.4 is 5.32 Å². The van der Waals surface area contributed by atoms with E-state index in [9.17, 15) is 0 Å². The summed E-state index contributed by atoms with van der Waals surface area (Å²) in [6.07, 6.45) is 6.04. The zero-order valence-corrected chi connectivity index (χ0v) is 12.5. The zero-order valence-electron chi connectivity index (χ0n) is 11.8. The van der Waals surface area contributed by atoms with Gasteiger partial charge in [0.25, 0.3) is 0 Å². The van der Waals surface area contributed by atoms with Crippen LogP contribution in [0.2, 0.25) is 5.02 Å². The summed E-state index contributed by atoms with van der Waals surface area (Å²) in [5.41, 5.74) is 1.11. The van der Waals surface area contributed by atoms with E-state index in [1.807, 2.05) is 24.3 Å². The molecule has 0 amide bonds. The lowest BCUT2D eigenvalue weighted by atomic mass is 10.0. The minimum atomic E-state index is 0.0222. The average Bonchev–Trinajstić information content (AvgIpc) is 2.88. The number of benzene rings is 1. The van der Waals surface area contributed by atoms with Crippen molar-refractivity contribution in [2.24, 2.45) is 0 Å². The molecule has 0 heterocycles. The number of rotatable bonds is 7. The van der Waals surface area contributed by atoms with Crippen LogP contribution in [-0.2, 0) is 11.3 Å². The molecule has 0 bridgehead atoms. The van der Waals surface area contributed by atoms with Gasteiger partial charge in [0.1, 0.15) is 0 Å². The summed E-state index contributed by atoms with van der Waals surface area (Å²) < 4.78 is 6.26. The van der Waals surface area contributed by atoms with E-state index in [1.165, 1.54) is 19.3 Å². The molecule has 1 aliphatic carbocycles. The summed E-state index contributed by atoms with van der Waals surface area (Å²) in [6, 6.07) is 7.95. The fourth-order valence-corrected chi connectivity index (χ4v) is 2.92. The fraction of sp³-hybridized carbons (Fsp3) is 0.625. The van der Waals surface area contributed by atoms with Crippen molar-refractivity contribution >= 4 is 11.6 Å². The summed E-state index contributed by atoms with van der Waals surface area (Å²) in [7, 11) is 0. The van der Waals surface area contributed by atoms with E-state index >= 15 is 0 Å². The molecule has 1 aromatic carbocycles. The molecule has 106 valence electrons. The number of hydrogen-bond acceptors (Lipinski definition) is 2. The molecule has 0 unspecified atom stereocenters. The second-order valence-electron chi connectivity index (χ2n) is 5.45. The number of ether oxygens (including phenoxy) is 1. The normalized spacial score (nSPS) is 17.8. The Labute approximate surface area is 121 Å². The van der Waals surface area contributed by atoms with Crippen molar-refractivity contribution in [1.82, 2.24) is 5.32 Å². The summed E-state index contributed by atoms with van der Waals surface area (Å²) in [5.74, 6) is 0. The predicted octanol–water partition coefficient (Wildman–Crippen LogP) is 4.17. The van der Waals surface area contributed by atoms with Crippen LogP contribution in [0.25, 0.3) is 0 Å². The minimum Gasteiger partial charge on any atom is -0.369 e. The summed E-state index contributed by atoms with van der Waals surface area (Å²) in [4.78, 5) is 0. The highest BCUT2D eigenvalue weighted by Crippen LogP contribution is 2.34. The third kappa shape index (κ3) is 4.20. The topological polar surface area (TPSA) is 21.3 Å². The monoisotopic (exact) mass is 281 g/mol. The highest BCUT2D eigenvalue weighted by molar-refractivity contribution is 6.31. The molecule has 2 rings (SSSR count). The maximum Gasteiger partial charge on any atom is 0.0810 e. The first kappa shape index (κ1) is 14.8. The highest BCUT2D eigenvalue weighted by atomic mass is 35.5. The number of hydrogen-bond donors (Lipinski definition) is 1. The number of halogens is 1. The Bertz CT molecular complexity index is 388. The third-order valence-corrected chi connectivity index (χ3v) is 4.25. The van der Waals surface area contributed by atoms with Crippen LogP contribution in [0.5, 0.6) is 0 Å². The molecule has 1 saturated carbocycles. The van der Waals surface area contributed by atoms with Crippen LogP contribution in [0, 0.1) is 0 Å². The summed E-state index contributed by atoms with van der Waals surface area (Å²) >= 11 is 6.19. The summed E-state index contributed by atoms with van der Waals surface area (Å²) in [5, 5.41) is 4.31. The van der Waals surface area contributed by atoms with Gasteiger partial charge >= 0.3 is 0 Å². The molecule has 0 aromatic heterocycles. The molecule has 1 aromatic rings. The van der Waals surface area contributed by atoms with Crippen LogP contribution in [-0.4, -0.2) is 18.7 Å². The first-order valence-corrected chi connectivity index (χ1v) is 7.72. The van der Waals surface area contributed by atoms with E-state index in [-0.39, 0.29) is 5.60 Å². The molecule has 1 N–H and O–H groups in total. The van der Waals surface area contributed by atoms with Gasteiger partial charge in [-0.05, 0) is 37.4 Å². The van der Waals surface area contributed by atoms with E-state index in [1.54, 1.807) is 0 Å². The fourth-order valence-electron chi connectivity index (χ4n) is 2.73. The predicted molar refractivity (Wildman–Crippen MR) is 80.6 cm³/mol. The molecule has 2 nitrogen and oxygen atoms in total. The van der Waals surface area contributed by atoms with E-state index in [0.717, 1.165) is 36.5 Å². The molecule has 0 saturated heterocycles. The molecule has 1 aliphatic rings. The van der Waals surface area contributed by atoms with Gasteiger partial charge in [-0.15, -0.1) is 0 Å². The van der Waals surface area contributed by atoms with E-state index in [4.69, 9.17) is 16.3 Å². The molecular weight excluding hydrogens is 258 g/mol. The Morgan fingerprint density at radius 2 is 2.00 bits per heavy atom. The average molecular weight is 282 g/mol. The third-order valence-electron chi connectivity index (χ3n) is 3.88. The van der Waals surface area contributed by atoms with Crippen LogP contribution in [0.4, 0.5) is 0 Å². The molecule has 19 heavy (non-hydrogen) atoms. The zero-order chi connectivity index (χ0) is 13.6. The van der Waals surface area contributed by atoms with Crippen LogP contribution >= 0.6 is 11.6 Å². The van der Waals surface area contributed by atoms with Crippen molar-refractivity contribution in [3.8, 4) is 0 Å².